The molecule has 2 rings (SSSR count). The highest BCUT2D eigenvalue weighted by atomic mass is 35.5. The molecule has 0 saturated carbocycles. The molecule has 6 heteroatoms. The van der Waals surface area contributed by atoms with E-state index in [1.807, 2.05) is 25.7 Å². The van der Waals surface area contributed by atoms with E-state index in [1.54, 1.807) is 6.20 Å². The van der Waals surface area contributed by atoms with Crippen molar-refractivity contribution in [3.05, 3.63) is 29.2 Å². The van der Waals surface area contributed by atoms with Crippen molar-refractivity contribution in [1.82, 2.24) is 14.9 Å². The Balaban J connectivity index is 2.35. The highest BCUT2D eigenvalue weighted by molar-refractivity contribution is 6.28. The van der Waals surface area contributed by atoms with E-state index >= 15 is 0 Å². The fraction of sp³-hybridized carbons (Fsp3) is 0.455. The Morgan fingerprint density at radius 1 is 1.53 bits per heavy atom. The minimum Gasteiger partial charge on any atom is -0.467 e. The second kappa shape index (κ2) is 4.49. The quantitative estimate of drug-likeness (QED) is 0.764. The third-order valence-electron chi connectivity index (χ3n) is 2.53. The summed E-state index contributed by atoms with van der Waals surface area (Å²) in [4.78, 5) is 9.39. The summed E-state index contributed by atoms with van der Waals surface area (Å²) < 4.78 is 19.1. The van der Waals surface area contributed by atoms with Gasteiger partial charge in [-0.3, -0.25) is 0 Å². The van der Waals surface area contributed by atoms with Crippen molar-refractivity contribution in [2.45, 2.75) is 33.0 Å². The monoisotopic (exact) mass is 257 g/mol. The fourth-order valence-electron chi connectivity index (χ4n) is 1.72. The second-order valence-electron chi connectivity index (χ2n) is 4.09. The van der Waals surface area contributed by atoms with E-state index in [-0.39, 0.29) is 23.2 Å². The topological polar surface area (TPSA) is 38.2 Å². The highest BCUT2D eigenvalue weighted by Gasteiger charge is 2.27. The van der Waals surface area contributed by atoms with Gasteiger partial charge in [-0.25, -0.2) is 14.4 Å². The maximum Gasteiger partial charge on any atom is 0.223 e. The first-order chi connectivity index (χ1) is 7.99. The van der Waals surface area contributed by atoms with Crippen LogP contribution in [0.15, 0.2) is 12.4 Å². The number of nitrogens with zero attached hydrogens (tertiary/aromatic N) is 3. The largest absolute Gasteiger partial charge is 0.467 e. The first kappa shape index (κ1) is 12.1. The van der Waals surface area contributed by atoms with E-state index < -0.39 is 5.82 Å². The van der Waals surface area contributed by atoms with Gasteiger partial charge >= 0.3 is 0 Å². The van der Waals surface area contributed by atoms with Crippen LogP contribution in [0, 0.1) is 5.82 Å². The number of aromatic nitrogens is 2. The molecule has 1 aliphatic rings. The van der Waals surface area contributed by atoms with Crippen LogP contribution in [-0.4, -0.2) is 27.1 Å². The van der Waals surface area contributed by atoms with Crippen molar-refractivity contribution in [3.63, 3.8) is 0 Å². The van der Waals surface area contributed by atoms with Crippen molar-refractivity contribution in [3.8, 4) is 0 Å². The Labute approximate surface area is 104 Å². The molecule has 1 aromatic heterocycles. The molecular formula is C11H13ClFN3O. The van der Waals surface area contributed by atoms with E-state index in [2.05, 4.69) is 9.97 Å². The summed E-state index contributed by atoms with van der Waals surface area (Å²) >= 11 is 5.65. The van der Waals surface area contributed by atoms with E-state index in [4.69, 9.17) is 16.3 Å². The van der Waals surface area contributed by atoms with Crippen LogP contribution >= 0.6 is 11.6 Å². The van der Waals surface area contributed by atoms with Crippen LogP contribution in [0.1, 0.15) is 26.5 Å². The summed E-state index contributed by atoms with van der Waals surface area (Å²) in [5, 5.41) is 0.00144. The third kappa shape index (κ3) is 2.34. The van der Waals surface area contributed by atoms with Crippen molar-refractivity contribution >= 4 is 17.4 Å². The number of ether oxygens (including phenoxy) is 1. The fourth-order valence-corrected chi connectivity index (χ4v) is 1.85. The van der Waals surface area contributed by atoms with Crippen LogP contribution in [0.3, 0.4) is 0 Å². The van der Waals surface area contributed by atoms with Crippen LogP contribution in [0.2, 0.25) is 5.28 Å². The SMILES string of the molecule is CC(C)N1C=C(c2nc(Cl)ncc2F)OC1C. The van der Waals surface area contributed by atoms with Crippen LogP contribution < -0.4 is 0 Å². The molecular weight excluding hydrogens is 245 g/mol. The van der Waals surface area contributed by atoms with Crippen LogP contribution in [0.4, 0.5) is 4.39 Å². The van der Waals surface area contributed by atoms with Gasteiger partial charge in [0.25, 0.3) is 0 Å². The molecule has 4 nitrogen and oxygen atoms in total. The second-order valence-corrected chi connectivity index (χ2v) is 4.43. The zero-order valence-corrected chi connectivity index (χ0v) is 10.6. The lowest BCUT2D eigenvalue weighted by Crippen LogP contribution is -2.31. The van der Waals surface area contributed by atoms with Gasteiger partial charge in [-0.15, -0.1) is 0 Å². The smallest absolute Gasteiger partial charge is 0.223 e. The minimum absolute atomic E-state index is 0.00144. The van der Waals surface area contributed by atoms with Gasteiger partial charge in [0.15, 0.2) is 17.8 Å². The Bertz CT molecular complexity index is 464. The highest BCUT2D eigenvalue weighted by Crippen LogP contribution is 2.28. The average molecular weight is 258 g/mol. The molecule has 17 heavy (non-hydrogen) atoms. The summed E-state index contributed by atoms with van der Waals surface area (Å²) in [6.45, 7) is 5.95. The van der Waals surface area contributed by atoms with Gasteiger partial charge in [0.05, 0.1) is 6.20 Å². The normalized spacial score (nSPS) is 19.5. The van der Waals surface area contributed by atoms with E-state index in [9.17, 15) is 4.39 Å². The molecule has 0 aromatic carbocycles. The molecule has 0 amide bonds. The molecule has 0 fully saturated rings. The van der Waals surface area contributed by atoms with Crippen molar-refractivity contribution in [2.75, 3.05) is 0 Å². The molecule has 0 radical (unpaired) electrons. The number of halogens is 2. The molecule has 0 spiro atoms. The van der Waals surface area contributed by atoms with Gasteiger partial charge in [0.1, 0.15) is 5.69 Å². The van der Waals surface area contributed by atoms with Gasteiger partial charge < -0.3 is 9.64 Å². The number of rotatable bonds is 2. The van der Waals surface area contributed by atoms with E-state index in [0.717, 1.165) is 6.20 Å². The molecule has 2 heterocycles. The van der Waals surface area contributed by atoms with E-state index in [1.165, 1.54) is 0 Å². The zero-order chi connectivity index (χ0) is 12.6. The Morgan fingerprint density at radius 2 is 2.24 bits per heavy atom. The zero-order valence-electron chi connectivity index (χ0n) is 9.82. The van der Waals surface area contributed by atoms with Crippen LogP contribution in [0.5, 0.6) is 0 Å². The molecule has 0 saturated heterocycles. The summed E-state index contributed by atoms with van der Waals surface area (Å²) in [5.41, 5.74) is 0.0972. The van der Waals surface area contributed by atoms with Gasteiger partial charge in [0.2, 0.25) is 5.28 Å². The maximum absolute atomic E-state index is 13.6. The third-order valence-corrected chi connectivity index (χ3v) is 2.71. The molecule has 1 aromatic rings. The Hall–Kier alpha value is -1.36. The molecule has 0 bridgehead atoms. The first-order valence-electron chi connectivity index (χ1n) is 5.33. The van der Waals surface area contributed by atoms with Crippen molar-refractivity contribution < 1.29 is 9.13 Å². The predicted octanol–water partition coefficient (Wildman–Crippen LogP) is 2.65. The molecule has 0 N–H and O–H groups in total. The van der Waals surface area contributed by atoms with Crippen LogP contribution in [-0.2, 0) is 4.74 Å². The number of hydrogen-bond donors (Lipinski definition) is 0. The Morgan fingerprint density at radius 3 is 2.82 bits per heavy atom. The standard InChI is InChI=1S/C11H13ClFN3O/c1-6(2)16-5-9(17-7(16)3)10-8(13)4-14-11(12)15-10/h4-7H,1-3H3. The van der Waals surface area contributed by atoms with Gasteiger partial charge in [-0.2, -0.15) is 0 Å². The maximum atomic E-state index is 13.6. The molecule has 1 atom stereocenters. The van der Waals surface area contributed by atoms with E-state index in [0.29, 0.717) is 5.76 Å². The van der Waals surface area contributed by atoms with Gasteiger partial charge in [-0.05, 0) is 32.4 Å². The number of hydrogen-bond acceptors (Lipinski definition) is 4. The van der Waals surface area contributed by atoms with Crippen molar-refractivity contribution in [1.29, 1.82) is 0 Å². The van der Waals surface area contributed by atoms with Gasteiger partial charge in [0, 0.05) is 12.2 Å². The lowest BCUT2D eigenvalue weighted by atomic mass is 10.3. The average Bonchev–Trinajstić information content (AvgIpc) is 2.64. The van der Waals surface area contributed by atoms with Crippen LogP contribution in [0.25, 0.3) is 5.76 Å². The Kier molecular flexibility index (Phi) is 3.19. The molecule has 1 unspecified atom stereocenters. The summed E-state index contributed by atoms with van der Waals surface area (Å²) in [6, 6.07) is 0.267. The summed E-state index contributed by atoms with van der Waals surface area (Å²) in [5.74, 6) is -0.161. The lowest BCUT2D eigenvalue weighted by molar-refractivity contribution is 0.0660. The first-order valence-corrected chi connectivity index (χ1v) is 5.71. The molecule has 1 aliphatic heterocycles. The molecule has 0 aliphatic carbocycles. The van der Waals surface area contributed by atoms with Gasteiger partial charge in [-0.1, -0.05) is 0 Å². The summed E-state index contributed by atoms with van der Waals surface area (Å²) in [7, 11) is 0. The molecule has 92 valence electrons. The minimum atomic E-state index is -0.543. The lowest BCUT2D eigenvalue weighted by Gasteiger charge is -2.24. The summed E-state index contributed by atoms with van der Waals surface area (Å²) in [6.07, 6.45) is 2.65. The predicted molar refractivity (Wildman–Crippen MR) is 62.5 cm³/mol. The van der Waals surface area contributed by atoms with Crippen molar-refractivity contribution in [2.24, 2.45) is 0 Å².